The normalized spacial score (nSPS) is 11.0. The Balaban J connectivity index is 2.06. The van der Waals surface area contributed by atoms with Gasteiger partial charge in [0.25, 0.3) is 0 Å². The van der Waals surface area contributed by atoms with E-state index in [1.165, 1.54) is 6.07 Å². The Bertz CT molecular complexity index is 916. The third-order valence-electron chi connectivity index (χ3n) is 3.61. The molecule has 0 spiro atoms. The van der Waals surface area contributed by atoms with Crippen LogP contribution in [-0.4, -0.2) is 21.3 Å². The third kappa shape index (κ3) is 3.05. The van der Waals surface area contributed by atoms with Gasteiger partial charge in [-0.2, -0.15) is 14.0 Å². The summed E-state index contributed by atoms with van der Waals surface area (Å²) in [6.07, 6.45) is 0. The number of halogens is 2. The number of aromatic nitrogens is 2. The maximum Gasteiger partial charge on any atom is 0.387 e. The monoisotopic (exact) mass is 329 g/mol. The zero-order valence-electron chi connectivity index (χ0n) is 12.5. The number of nitriles is 1. The van der Waals surface area contributed by atoms with Crippen LogP contribution in [0.4, 0.5) is 8.78 Å². The van der Waals surface area contributed by atoms with Crippen LogP contribution in [-0.2, 0) is 13.2 Å². The molecule has 0 amide bonds. The summed E-state index contributed by atoms with van der Waals surface area (Å²) in [7, 11) is 0. The van der Waals surface area contributed by atoms with E-state index in [0.717, 1.165) is 0 Å². The van der Waals surface area contributed by atoms with Gasteiger partial charge in [0.1, 0.15) is 18.2 Å². The number of para-hydroxylation sites is 1. The molecule has 0 aliphatic heterocycles. The molecule has 1 heterocycles. The Hall–Kier alpha value is -2.98. The summed E-state index contributed by atoms with van der Waals surface area (Å²) in [6.45, 7) is -3.02. The number of imidazole rings is 1. The maximum atomic E-state index is 12.5. The van der Waals surface area contributed by atoms with E-state index in [2.05, 4.69) is 9.72 Å². The van der Waals surface area contributed by atoms with Gasteiger partial charge in [0.2, 0.25) is 0 Å². The molecule has 7 heteroatoms. The number of benzene rings is 2. The van der Waals surface area contributed by atoms with Crippen molar-refractivity contribution in [2.45, 2.75) is 19.8 Å². The molecule has 0 aliphatic carbocycles. The van der Waals surface area contributed by atoms with Gasteiger partial charge in [-0.15, -0.1) is 0 Å². The molecule has 0 atom stereocenters. The van der Waals surface area contributed by atoms with E-state index in [4.69, 9.17) is 5.26 Å². The molecule has 0 unspecified atom stereocenters. The van der Waals surface area contributed by atoms with Gasteiger partial charge in [0.15, 0.2) is 0 Å². The SMILES string of the molecule is N#Cc1ccc2c(c1)nc(CO)n2Cc1ccccc1OC(F)F. The van der Waals surface area contributed by atoms with Crippen LogP contribution in [0.2, 0.25) is 0 Å². The molecule has 3 aromatic rings. The average molecular weight is 329 g/mol. The first-order valence-corrected chi connectivity index (χ1v) is 7.15. The standard InChI is InChI=1S/C17H13F2N3O2/c18-17(19)24-15-4-2-1-3-12(15)9-22-14-6-5-11(8-20)7-13(14)21-16(22)10-23/h1-7,17,23H,9-10H2. The van der Waals surface area contributed by atoms with E-state index in [-0.39, 0.29) is 18.9 Å². The smallest absolute Gasteiger partial charge is 0.387 e. The highest BCUT2D eigenvalue weighted by Crippen LogP contribution is 2.25. The second-order valence-corrected chi connectivity index (χ2v) is 5.07. The maximum absolute atomic E-state index is 12.5. The molecule has 122 valence electrons. The predicted octanol–water partition coefficient (Wildman–Crippen LogP) is 3.05. The Morgan fingerprint density at radius 1 is 1.25 bits per heavy atom. The van der Waals surface area contributed by atoms with Gasteiger partial charge in [-0.1, -0.05) is 18.2 Å². The quantitative estimate of drug-likeness (QED) is 0.781. The van der Waals surface area contributed by atoms with E-state index < -0.39 is 6.61 Å². The first-order valence-electron chi connectivity index (χ1n) is 7.15. The summed E-state index contributed by atoms with van der Waals surface area (Å²) >= 11 is 0. The lowest BCUT2D eigenvalue weighted by Gasteiger charge is -2.13. The van der Waals surface area contributed by atoms with Gasteiger partial charge >= 0.3 is 6.61 Å². The van der Waals surface area contributed by atoms with Crippen LogP contribution >= 0.6 is 0 Å². The number of rotatable bonds is 5. The summed E-state index contributed by atoms with van der Waals surface area (Å²) in [5.41, 5.74) is 2.25. The van der Waals surface area contributed by atoms with Gasteiger partial charge in [-0.3, -0.25) is 0 Å². The van der Waals surface area contributed by atoms with Crippen molar-refractivity contribution in [3.05, 3.63) is 59.4 Å². The van der Waals surface area contributed by atoms with E-state index in [1.807, 2.05) is 6.07 Å². The molecule has 2 aromatic carbocycles. The van der Waals surface area contributed by atoms with Gasteiger partial charge in [-0.25, -0.2) is 4.98 Å². The minimum absolute atomic E-state index is 0.0758. The van der Waals surface area contributed by atoms with Crippen LogP contribution in [0.15, 0.2) is 42.5 Å². The average Bonchev–Trinajstić information content (AvgIpc) is 2.93. The number of aliphatic hydroxyl groups is 1. The van der Waals surface area contributed by atoms with Gasteiger partial charge in [-0.05, 0) is 24.3 Å². The molecule has 24 heavy (non-hydrogen) atoms. The highest BCUT2D eigenvalue weighted by atomic mass is 19.3. The lowest BCUT2D eigenvalue weighted by molar-refractivity contribution is -0.0504. The molecule has 0 fully saturated rings. The number of nitrogens with zero attached hydrogens (tertiary/aromatic N) is 3. The van der Waals surface area contributed by atoms with Crippen molar-refractivity contribution in [1.82, 2.24) is 9.55 Å². The van der Waals surface area contributed by atoms with Crippen molar-refractivity contribution in [3.8, 4) is 11.8 Å². The second kappa shape index (κ2) is 6.64. The first kappa shape index (κ1) is 15.9. The molecule has 0 aliphatic rings. The topological polar surface area (TPSA) is 71.1 Å². The van der Waals surface area contributed by atoms with Crippen molar-refractivity contribution >= 4 is 11.0 Å². The van der Waals surface area contributed by atoms with Crippen LogP contribution in [0.5, 0.6) is 5.75 Å². The molecular weight excluding hydrogens is 316 g/mol. The summed E-state index contributed by atoms with van der Waals surface area (Å²) < 4.78 is 31.4. The van der Waals surface area contributed by atoms with Crippen molar-refractivity contribution in [3.63, 3.8) is 0 Å². The summed E-state index contributed by atoms with van der Waals surface area (Å²) in [5, 5.41) is 18.5. The summed E-state index contributed by atoms with van der Waals surface area (Å²) in [6, 6.07) is 13.5. The summed E-state index contributed by atoms with van der Waals surface area (Å²) in [5.74, 6) is 0.457. The largest absolute Gasteiger partial charge is 0.434 e. The lowest BCUT2D eigenvalue weighted by Crippen LogP contribution is -2.09. The highest BCUT2D eigenvalue weighted by Gasteiger charge is 2.14. The van der Waals surface area contributed by atoms with Crippen LogP contribution in [0.25, 0.3) is 11.0 Å². The number of alkyl halides is 2. The number of hydrogen-bond donors (Lipinski definition) is 1. The van der Waals surface area contributed by atoms with E-state index >= 15 is 0 Å². The van der Waals surface area contributed by atoms with Crippen molar-refractivity contribution in [1.29, 1.82) is 5.26 Å². The Kier molecular flexibility index (Phi) is 4.40. The van der Waals surface area contributed by atoms with Gasteiger partial charge < -0.3 is 14.4 Å². The van der Waals surface area contributed by atoms with Gasteiger partial charge in [0.05, 0.1) is 29.2 Å². The minimum atomic E-state index is -2.92. The number of hydrogen-bond acceptors (Lipinski definition) is 4. The third-order valence-corrected chi connectivity index (χ3v) is 3.61. The van der Waals surface area contributed by atoms with Crippen LogP contribution in [0.1, 0.15) is 17.0 Å². The van der Waals surface area contributed by atoms with E-state index in [9.17, 15) is 13.9 Å². The summed E-state index contributed by atoms with van der Waals surface area (Å²) in [4.78, 5) is 4.30. The molecule has 0 saturated carbocycles. The number of aliphatic hydroxyl groups excluding tert-OH is 1. The van der Waals surface area contributed by atoms with Crippen LogP contribution in [0.3, 0.4) is 0 Å². The fraction of sp³-hybridized carbons (Fsp3) is 0.176. The Morgan fingerprint density at radius 2 is 2.04 bits per heavy atom. The fourth-order valence-corrected chi connectivity index (χ4v) is 2.56. The van der Waals surface area contributed by atoms with Crippen LogP contribution < -0.4 is 4.74 Å². The molecule has 0 saturated heterocycles. The molecule has 1 aromatic heterocycles. The zero-order valence-corrected chi connectivity index (χ0v) is 12.5. The fourth-order valence-electron chi connectivity index (χ4n) is 2.56. The van der Waals surface area contributed by atoms with Gasteiger partial charge in [0, 0.05) is 5.56 Å². The minimum Gasteiger partial charge on any atom is -0.434 e. The Labute approximate surface area is 136 Å². The predicted molar refractivity (Wildman–Crippen MR) is 82.5 cm³/mol. The lowest BCUT2D eigenvalue weighted by atomic mass is 10.2. The zero-order chi connectivity index (χ0) is 17.1. The Morgan fingerprint density at radius 3 is 2.75 bits per heavy atom. The van der Waals surface area contributed by atoms with E-state index in [1.54, 1.807) is 41.0 Å². The molecular formula is C17H13F2N3O2. The number of ether oxygens (including phenoxy) is 1. The van der Waals surface area contributed by atoms with Crippen molar-refractivity contribution in [2.24, 2.45) is 0 Å². The molecule has 0 radical (unpaired) electrons. The molecule has 5 nitrogen and oxygen atoms in total. The molecule has 0 bridgehead atoms. The van der Waals surface area contributed by atoms with E-state index in [0.29, 0.717) is 28.0 Å². The van der Waals surface area contributed by atoms with Crippen LogP contribution in [0, 0.1) is 11.3 Å². The van der Waals surface area contributed by atoms with Crippen molar-refractivity contribution < 1.29 is 18.6 Å². The highest BCUT2D eigenvalue weighted by molar-refractivity contribution is 5.78. The second-order valence-electron chi connectivity index (χ2n) is 5.07. The van der Waals surface area contributed by atoms with Crippen molar-refractivity contribution in [2.75, 3.05) is 0 Å². The molecule has 3 rings (SSSR count). The molecule has 1 N–H and O–H groups in total. The number of fused-ring (bicyclic) bond motifs is 1. The first-order chi connectivity index (χ1) is 11.6.